The highest BCUT2D eigenvalue weighted by atomic mass is 35.5. The molecule has 1 rings (SSSR count). The highest BCUT2D eigenvalue weighted by molar-refractivity contribution is 7.89. The van der Waals surface area contributed by atoms with Crippen LogP contribution in [0.4, 0.5) is 0 Å². The van der Waals surface area contributed by atoms with E-state index in [4.69, 9.17) is 16.3 Å². The first-order chi connectivity index (χ1) is 9.70. The summed E-state index contributed by atoms with van der Waals surface area (Å²) in [5.41, 5.74) is 0.578. The number of benzene rings is 1. The van der Waals surface area contributed by atoms with Gasteiger partial charge in [-0.2, -0.15) is 4.31 Å². The molecule has 0 heterocycles. The quantitative estimate of drug-likeness (QED) is 0.751. The molecule has 7 heteroatoms. The van der Waals surface area contributed by atoms with Gasteiger partial charge in [-0.3, -0.25) is 4.79 Å². The van der Waals surface area contributed by atoms with Crippen LogP contribution >= 0.6 is 11.6 Å². The number of nitrogens with zero attached hydrogens (tertiary/aromatic N) is 1. The molecule has 0 fully saturated rings. The van der Waals surface area contributed by atoms with Gasteiger partial charge in [-0.1, -0.05) is 17.7 Å². The third kappa shape index (κ3) is 4.43. The number of sulfonamides is 1. The van der Waals surface area contributed by atoms with Crippen molar-refractivity contribution in [3.8, 4) is 0 Å². The number of aryl methyl sites for hydroxylation is 1. The summed E-state index contributed by atoms with van der Waals surface area (Å²) < 4.78 is 31.4. The number of hydrogen-bond donors (Lipinski definition) is 0. The fourth-order valence-corrected chi connectivity index (χ4v) is 3.93. The molecule has 118 valence electrons. The van der Waals surface area contributed by atoms with Gasteiger partial charge in [-0.25, -0.2) is 8.42 Å². The Morgan fingerprint density at radius 1 is 1.38 bits per heavy atom. The molecule has 0 aliphatic heterocycles. The summed E-state index contributed by atoms with van der Waals surface area (Å²) >= 11 is 5.89. The van der Waals surface area contributed by atoms with Crippen LogP contribution in [0, 0.1) is 6.92 Å². The molecule has 0 atom stereocenters. The number of rotatable bonds is 6. The number of carbonyl (C=O) groups is 1. The Labute approximate surface area is 130 Å². The van der Waals surface area contributed by atoms with Gasteiger partial charge in [0.2, 0.25) is 10.0 Å². The van der Waals surface area contributed by atoms with E-state index in [-0.39, 0.29) is 24.1 Å². The smallest absolute Gasteiger partial charge is 0.321 e. The van der Waals surface area contributed by atoms with Crippen molar-refractivity contribution < 1.29 is 17.9 Å². The maximum Gasteiger partial charge on any atom is 0.321 e. The Hall–Kier alpha value is -1.11. The molecule has 0 N–H and O–H groups in total. The van der Waals surface area contributed by atoms with Crippen molar-refractivity contribution in [2.24, 2.45) is 0 Å². The molecular formula is C14H20ClNO4S. The Balaban J connectivity index is 3.22. The summed E-state index contributed by atoms with van der Waals surface area (Å²) in [7, 11) is -3.82. The van der Waals surface area contributed by atoms with Gasteiger partial charge in [0, 0.05) is 11.1 Å². The lowest BCUT2D eigenvalue weighted by Gasteiger charge is -2.25. The molecule has 0 radical (unpaired) electrons. The summed E-state index contributed by atoms with van der Waals surface area (Å²) in [6.45, 7) is 6.66. The number of halogens is 1. The Kier molecular flexibility index (Phi) is 6.19. The topological polar surface area (TPSA) is 63.7 Å². The molecule has 0 aliphatic carbocycles. The van der Waals surface area contributed by atoms with Gasteiger partial charge in [0.05, 0.1) is 11.5 Å². The van der Waals surface area contributed by atoms with E-state index in [1.165, 1.54) is 6.07 Å². The largest absolute Gasteiger partial charge is 0.465 e. The van der Waals surface area contributed by atoms with Gasteiger partial charge in [0.15, 0.2) is 0 Å². The van der Waals surface area contributed by atoms with Crippen LogP contribution in [0.15, 0.2) is 23.1 Å². The highest BCUT2D eigenvalue weighted by Crippen LogP contribution is 2.24. The predicted molar refractivity (Wildman–Crippen MR) is 81.8 cm³/mol. The predicted octanol–water partition coefficient (Wildman–Crippen LogP) is 2.61. The first kappa shape index (κ1) is 17.9. The second kappa shape index (κ2) is 7.24. The molecule has 1 aromatic rings. The maximum atomic E-state index is 12.7. The molecule has 0 saturated carbocycles. The Morgan fingerprint density at radius 2 is 2.00 bits per heavy atom. The number of ether oxygens (including phenoxy) is 1. The molecule has 0 bridgehead atoms. The molecular weight excluding hydrogens is 314 g/mol. The zero-order valence-electron chi connectivity index (χ0n) is 12.6. The maximum absolute atomic E-state index is 12.7. The van der Waals surface area contributed by atoms with Gasteiger partial charge in [0.1, 0.15) is 6.54 Å². The second-order valence-corrected chi connectivity index (χ2v) is 7.15. The Morgan fingerprint density at radius 3 is 2.52 bits per heavy atom. The summed E-state index contributed by atoms with van der Waals surface area (Å²) in [5.74, 6) is -0.575. The van der Waals surface area contributed by atoms with Crippen molar-refractivity contribution in [2.45, 2.75) is 38.6 Å². The van der Waals surface area contributed by atoms with Crippen molar-refractivity contribution in [3.63, 3.8) is 0 Å². The van der Waals surface area contributed by atoms with E-state index in [0.29, 0.717) is 10.6 Å². The fourth-order valence-electron chi connectivity index (χ4n) is 1.86. The van der Waals surface area contributed by atoms with Crippen LogP contribution in [0.25, 0.3) is 0 Å². The van der Waals surface area contributed by atoms with Crippen LogP contribution in [-0.2, 0) is 19.6 Å². The zero-order chi connectivity index (χ0) is 16.2. The Bertz CT molecular complexity index is 613. The van der Waals surface area contributed by atoms with Crippen molar-refractivity contribution in [3.05, 3.63) is 28.8 Å². The standard InChI is InChI=1S/C14H20ClNO4S/c1-5-20-14(17)9-16(10(2)3)21(18,19)13-8-12(15)7-6-11(13)4/h6-8,10H,5,9H2,1-4H3. The molecule has 1 aromatic carbocycles. The lowest BCUT2D eigenvalue weighted by molar-refractivity contribution is -0.143. The summed E-state index contributed by atoms with van der Waals surface area (Å²) in [5, 5.41) is 0.332. The molecule has 21 heavy (non-hydrogen) atoms. The van der Waals surface area contributed by atoms with E-state index < -0.39 is 16.0 Å². The van der Waals surface area contributed by atoms with E-state index >= 15 is 0 Å². The zero-order valence-corrected chi connectivity index (χ0v) is 14.2. The lowest BCUT2D eigenvalue weighted by atomic mass is 10.2. The van der Waals surface area contributed by atoms with E-state index in [9.17, 15) is 13.2 Å². The molecule has 5 nitrogen and oxygen atoms in total. The molecule has 0 aromatic heterocycles. The monoisotopic (exact) mass is 333 g/mol. The molecule has 0 unspecified atom stereocenters. The molecule has 0 amide bonds. The average Bonchev–Trinajstić information content (AvgIpc) is 2.38. The van der Waals surface area contributed by atoms with Crippen LogP contribution in [-0.4, -0.2) is 37.9 Å². The van der Waals surface area contributed by atoms with Crippen molar-refractivity contribution in [1.29, 1.82) is 0 Å². The van der Waals surface area contributed by atoms with Crippen molar-refractivity contribution in [1.82, 2.24) is 4.31 Å². The lowest BCUT2D eigenvalue weighted by Crippen LogP contribution is -2.41. The number of esters is 1. The normalized spacial score (nSPS) is 12.0. The van der Waals surface area contributed by atoms with Gasteiger partial charge < -0.3 is 4.74 Å². The minimum Gasteiger partial charge on any atom is -0.465 e. The fraction of sp³-hybridized carbons (Fsp3) is 0.500. The van der Waals surface area contributed by atoms with Crippen LogP contribution in [0.1, 0.15) is 26.3 Å². The highest BCUT2D eigenvalue weighted by Gasteiger charge is 2.30. The van der Waals surface area contributed by atoms with E-state index in [2.05, 4.69) is 0 Å². The van der Waals surface area contributed by atoms with Gasteiger partial charge in [0.25, 0.3) is 0 Å². The molecule has 0 saturated heterocycles. The first-order valence-electron chi connectivity index (χ1n) is 6.63. The van der Waals surface area contributed by atoms with Crippen LogP contribution < -0.4 is 0 Å². The SMILES string of the molecule is CCOC(=O)CN(C(C)C)S(=O)(=O)c1cc(Cl)ccc1C. The summed E-state index contributed by atoms with van der Waals surface area (Å²) in [4.78, 5) is 11.7. The van der Waals surface area contributed by atoms with E-state index in [1.807, 2.05) is 0 Å². The third-order valence-corrected chi connectivity index (χ3v) is 5.30. The van der Waals surface area contributed by atoms with Crippen molar-refractivity contribution in [2.75, 3.05) is 13.2 Å². The minimum absolute atomic E-state index is 0.105. The van der Waals surface area contributed by atoms with Gasteiger partial charge in [-0.15, -0.1) is 0 Å². The van der Waals surface area contributed by atoms with Gasteiger partial charge >= 0.3 is 5.97 Å². The minimum atomic E-state index is -3.82. The van der Waals surface area contributed by atoms with Crippen LogP contribution in [0.3, 0.4) is 0 Å². The molecule has 0 spiro atoms. The number of carbonyl (C=O) groups excluding carboxylic acids is 1. The third-order valence-electron chi connectivity index (χ3n) is 2.90. The summed E-state index contributed by atoms with van der Waals surface area (Å²) in [6.07, 6.45) is 0. The van der Waals surface area contributed by atoms with E-state index in [1.54, 1.807) is 39.8 Å². The first-order valence-corrected chi connectivity index (χ1v) is 8.45. The second-order valence-electron chi connectivity index (χ2n) is 4.86. The van der Waals surface area contributed by atoms with E-state index in [0.717, 1.165) is 4.31 Å². The summed E-state index contributed by atoms with van der Waals surface area (Å²) in [6, 6.07) is 4.28. The number of hydrogen-bond acceptors (Lipinski definition) is 4. The van der Waals surface area contributed by atoms with Crippen LogP contribution in [0.5, 0.6) is 0 Å². The van der Waals surface area contributed by atoms with Crippen LogP contribution in [0.2, 0.25) is 5.02 Å². The van der Waals surface area contributed by atoms with Gasteiger partial charge in [-0.05, 0) is 45.4 Å². The van der Waals surface area contributed by atoms with Crippen molar-refractivity contribution >= 4 is 27.6 Å². The molecule has 0 aliphatic rings. The average molecular weight is 334 g/mol.